The van der Waals surface area contributed by atoms with E-state index in [2.05, 4.69) is 24.1 Å². The lowest BCUT2D eigenvalue weighted by atomic mass is 9.92. The minimum Gasteiger partial charge on any atom is -0.340 e. The Kier molecular flexibility index (Phi) is 4.13. The SMILES string of the molecule is CC(C)CC1C(=O)NC(C)(C)C(=O)N1Cc1cncs1. The summed E-state index contributed by atoms with van der Waals surface area (Å²) in [5.41, 5.74) is 0.904. The third kappa shape index (κ3) is 3.00. The van der Waals surface area contributed by atoms with Crippen LogP contribution in [-0.2, 0) is 16.1 Å². The van der Waals surface area contributed by atoms with Crippen LogP contribution in [0.4, 0.5) is 0 Å². The van der Waals surface area contributed by atoms with Crippen LogP contribution in [0.2, 0.25) is 0 Å². The quantitative estimate of drug-likeness (QED) is 0.921. The van der Waals surface area contributed by atoms with Crippen LogP contribution in [0.1, 0.15) is 39.0 Å². The summed E-state index contributed by atoms with van der Waals surface area (Å²) in [4.78, 5) is 31.7. The number of aromatic nitrogens is 1. The van der Waals surface area contributed by atoms with E-state index >= 15 is 0 Å². The number of hydrogen-bond donors (Lipinski definition) is 1. The average Bonchev–Trinajstić information content (AvgIpc) is 2.83. The maximum absolute atomic E-state index is 12.6. The van der Waals surface area contributed by atoms with Gasteiger partial charge in [-0.05, 0) is 26.2 Å². The summed E-state index contributed by atoms with van der Waals surface area (Å²) < 4.78 is 0. The Hall–Kier alpha value is -1.43. The van der Waals surface area contributed by atoms with Crippen molar-refractivity contribution >= 4 is 23.2 Å². The van der Waals surface area contributed by atoms with Gasteiger partial charge in [0, 0.05) is 11.1 Å². The minimum atomic E-state index is -0.838. The van der Waals surface area contributed by atoms with Gasteiger partial charge in [0.25, 0.3) is 0 Å². The van der Waals surface area contributed by atoms with Crippen LogP contribution in [0.25, 0.3) is 0 Å². The van der Waals surface area contributed by atoms with Crippen LogP contribution >= 0.6 is 11.3 Å². The largest absolute Gasteiger partial charge is 0.340 e. The van der Waals surface area contributed by atoms with Crippen LogP contribution < -0.4 is 5.32 Å². The zero-order chi connectivity index (χ0) is 14.9. The van der Waals surface area contributed by atoms with E-state index in [1.807, 2.05) is 0 Å². The first-order valence-corrected chi connectivity index (χ1v) is 7.69. The second-order valence-electron chi connectivity index (χ2n) is 6.16. The number of carbonyl (C=O) groups is 2. The first-order valence-electron chi connectivity index (χ1n) is 6.81. The monoisotopic (exact) mass is 295 g/mol. The molecule has 20 heavy (non-hydrogen) atoms. The van der Waals surface area contributed by atoms with Gasteiger partial charge in [0.2, 0.25) is 11.8 Å². The Morgan fingerprint density at radius 1 is 1.45 bits per heavy atom. The van der Waals surface area contributed by atoms with Gasteiger partial charge < -0.3 is 10.2 Å². The zero-order valence-electron chi connectivity index (χ0n) is 12.3. The molecule has 1 N–H and O–H groups in total. The van der Waals surface area contributed by atoms with Crippen molar-refractivity contribution in [1.29, 1.82) is 0 Å². The lowest BCUT2D eigenvalue weighted by Crippen LogP contribution is -2.67. The molecule has 110 valence electrons. The van der Waals surface area contributed by atoms with Crippen molar-refractivity contribution in [1.82, 2.24) is 15.2 Å². The zero-order valence-corrected chi connectivity index (χ0v) is 13.2. The second-order valence-corrected chi connectivity index (χ2v) is 7.13. The lowest BCUT2D eigenvalue weighted by Gasteiger charge is -2.43. The van der Waals surface area contributed by atoms with E-state index in [0.717, 1.165) is 4.88 Å². The number of nitrogens with zero attached hydrogens (tertiary/aromatic N) is 2. The number of carbonyl (C=O) groups excluding carboxylic acids is 2. The van der Waals surface area contributed by atoms with Crippen molar-refractivity contribution in [2.45, 2.75) is 52.2 Å². The van der Waals surface area contributed by atoms with E-state index in [4.69, 9.17) is 0 Å². The molecule has 1 aliphatic heterocycles. The van der Waals surface area contributed by atoms with Crippen LogP contribution in [0.5, 0.6) is 0 Å². The van der Waals surface area contributed by atoms with Crippen molar-refractivity contribution in [3.05, 3.63) is 16.6 Å². The predicted octanol–water partition coefficient (Wildman–Crippen LogP) is 1.79. The van der Waals surface area contributed by atoms with E-state index in [9.17, 15) is 9.59 Å². The summed E-state index contributed by atoms with van der Waals surface area (Å²) in [6.45, 7) is 8.07. The summed E-state index contributed by atoms with van der Waals surface area (Å²) in [5, 5.41) is 2.83. The molecule has 1 saturated heterocycles. The van der Waals surface area contributed by atoms with Gasteiger partial charge in [-0.3, -0.25) is 14.6 Å². The Bertz CT molecular complexity index is 497. The van der Waals surface area contributed by atoms with Gasteiger partial charge in [0.05, 0.1) is 12.1 Å². The molecule has 1 fully saturated rings. The fraction of sp³-hybridized carbons (Fsp3) is 0.643. The molecule has 0 aromatic carbocycles. The molecule has 0 saturated carbocycles. The molecule has 1 aromatic rings. The van der Waals surface area contributed by atoms with Crippen molar-refractivity contribution in [2.24, 2.45) is 5.92 Å². The number of hydrogen-bond acceptors (Lipinski definition) is 4. The average molecular weight is 295 g/mol. The third-order valence-electron chi connectivity index (χ3n) is 3.41. The van der Waals surface area contributed by atoms with Crippen molar-refractivity contribution in [2.75, 3.05) is 0 Å². The van der Waals surface area contributed by atoms with Crippen molar-refractivity contribution in [3.8, 4) is 0 Å². The molecule has 0 spiro atoms. The highest BCUT2D eigenvalue weighted by molar-refractivity contribution is 7.09. The Balaban J connectivity index is 2.27. The number of thiazole rings is 1. The minimum absolute atomic E-state index is 0.0313. The van der Waals surface area contributed by atoms with Gasteiger partial charge in [0.1, 0.15) is 11.6 Å². The molecule has 6 heteroatoms. The fourth-order valence-corrected chi connectivity index (χ4v) is 3.03. The molecule has 1 unspecified atom stereocenters. The van der Waals surface area contributed by atoms with E-state index in [1.165, 1.54) is 11.3 Å². The third-order valence-corrected chi connectivity index (χ3v) is 4.18. The number of rotatable bonds is 4. The van der Waals surface area contributed by atoms with Crippen molar-refractivity contribution < 1.29 is 9.59 Å². The molecular formula is C14H21N3O2S. The highest BCUT2D eigenvalue weighted by atomic mass is 32.1. The molecule has 2 heterocycles. The normalized spacial score (nSPS) is 22.2. The first-order chi connectivity index (χ1) is 9.31. The maximum atomic E-state index is 12.6. The summed E-state index contributed by atoms with van der Waals surface area (Å²) in [6, 6.07) is -0.391. The predicted molar refractivity (Wildman–Crippen MR) is 78.1 cm³/mol. The van der Waals surface area contributed by atoms with Crippen LogP contribution in [0, 0.1) is 5.92 Å². The van der Waals surface area contributed by atoms with Gasteiger partial charge in [-0.2, -0.15) is 0 Å². The van der Waals surface area contributed by atoms with Crippen LogP contribution in [0.3, 0.4) is 0 Å². The molecule has 0 aliphatic carbocycles. The molecule has 1 aliphatic rings. The molecular weight excluding hydrogens is 274 g/mol. The Morgan fingerprint density at radius 3 is 2.70 bits per heavy atom. The van der Waals surface area contributed by atoms with Gasteiger partial charge >= 0.3 is 0 Å². The highest BCUT2D eigenvalue weighted by Gasteiger charge is 2.45. The number of nitrogens with one attached hydrogen (secondary N) is 1. The van der Waals surface area contributed by atoms with Gasteiger partial charge in [-0.25, -0.2) is 0 Å². The molecule has 0 radical (unpaired) electrons. The molecule has 5 nitrogen and oxygen atoms in total. The maximum Gasteiger partial charge on any atom is 0.248 e. The molecule has 2 rings (SSSR count). The van der Waals surface area contributed by atoms with Crippen LogP contribution in [0.15, 0.2) is 11.7 Å². The van der Waals surface area contributed by atoms with E-state index in [1.54, 1.807) is 30.5 Å². The van der Waals surface area contributed by atoms with Gasteiger partial charge in [-0.1, -0.05) is 13.8 Å². The van der Waals surface area contributed by atoms with E-state index in [-0.39, 0.29) is 11.8 Å². The summed E-state index contributed by atoms with van der Waals surface area (Å²) in [5.74, 6) is 0.257. The summed E-state index contributed by atoms with van der Waals surface area (Å²) in [6.07, 6.45) is 2.43. The second kappa shape index (κ2) is 5.52. The number of amides is 2. The highest BCUT2D eigenvalue weighted by Crippen LogP contribution is 2.25. The Morgan fingerprint density at radius 2 is 2.15 bits per heavy atom. The Labute approximate surface area is 123 Å². The lowest BCUT2D eigenvalue weighted by molar-refractivity contribution is -0.154. The van der Waals surface area contributed by atoms with Crippen molar-refractivity contribution in [3.63, 3.8) is 0 Å². The molecule has 1 aromatic heterocycles. The molecule has 2 amide bonds. The first kappa shape index (κ1) is 15.0. The van der Waals surface area contributed by atoms with Crippen LogP contribution in [-0.4, -0.2) is 33.3 Å². The number of piperazine rings is 1. The van der Waals surface area contributed by atoms with Gasteiger partial charge in [-0.15, -0.1) is 11.3 Å². The van der Waals surface area contributed by atoms with E-state index in [0.29, 0.717) is 18.9 Å². The topological polar surface area (TPSA) is 62.3 Å². The smallest absolute Gasteiger partial charge is 0.248 e. The van der Waals surface area contributed by atoms with Gasteiger partial charge in [0.15, 0.2) is 0 Å². The molecule has 0 bridgehead atoms. The standard InChI is InChI=1S/C14H21N3O2S/c1-9(2)5-11-12(18)16-14(3,4)13(19)17(11)7-10-6-15-8-20-10/h6,8-9,11H,5,7H2,1-4H3,(H,16,18). The van der Waals surface area contributed by atoms with E-state index < -0.39 is 11.6 Å². The summed E-state index contributed by atoms with van der Waals surface area (Å²) >= 11 is 1.50. The fourth-order valence-electron chi connectivity index (χ4n) is 2.44. The molecule has 1 atom stereocenters. The summed E-state index contributed by atoms with van der Waals surface area (Å²) in [7, 11) is 0.